The van der Waals surface area contributed by atoms with E-state index in [1.165, 1.54) is 12.1 Å². The van der Waals surface area contributed by atoms with E-state index in [4.69, 9.17) is 5.11 Å². The lowest BCUT2D eigenvalue weighted by molar-refractivity contribution is 0.234. The number of rotatable bonds is 6. The third-order valence-corrected chi connectivity index (χ3v) is 3.39. The molecule has 0 spiro atoms. The van der Waals surface area contributed by atoms with Crippen LogP contribution in [-0.4, -0.2) is 23.8 Å². The molecule has 0 saturated carbocycles. The van der Waals surface area contributed by atoms with Crippen LogP contribution in [0, 0.1) is 5.82 Å². The number of hydrogen-bond donors (Lipinski definition) is 3. The maximum atomic E-state index is 13.0. The number of benzene rings is 1. The molecule has 1 aromatic rings. The Balaban J connectivity index is 2.39. The van der Waals surface area contributed by atoms with Crippen LogP contribution in [0.15, 0.2) is 22.7 Å². The third-order valence-electron chi connectivity index (χ3n) is 2.62. The second kappa shape index (κ2) is 8.12. The molecule has 1 atom stereocenters. The van der Waals surface area contributed by atoms with Gasteiger partial charge in [-0.3, -0.25) is 0 Å². The highest BCUT2D eigenvalue weighted by molar-refractivity contribution is 9.10. The van der Waals surface area contributed by atoms with E-state index in [0.717, 1.165) is 4.47 Å². The van der Waals surface area contributed by atoms with E-state index in [2.05, 4.69) is 26.6 Å². The summed E-state index contributed by atoms with van der Waals surface area (Å²) in [5, 5.41) is 14.1. The third kappa shape index (κ3) is 6.02. The lowest BCUT2D eigenvalue weighted by Crippen LogP contribution is -2.40. The molecule has 0 fully saturated rings. The van der Waals surface area contributed by atoms with Gasteiger partial charge in [-0.2, -0.15) is 0 Å². The van der Waals surface area contributed by atoms with Crippen molar-refractivity contribution in [1.29, 1.82) is 0 Å². The van der Waals surface area contributed by atoms with Gasteiger partial charge in [0.1, 0.15) is 5.82 Å². The first kappa shape index (κ1) is 15.9. The van der Waals surface area contributed by atoms with Gasteiger partial charge in [0.05, 0.1) is 0 Å². The summed E-state index contributed by atoms with van der Waals surface area (Å²) in [5.74, 6) is -0.336. The molecule has 1 aromatic carbocycles. The van der Waals surface area contributed by atoms with Crippen molar-refractivity contribution >= 4 is 22.0 Å². The molecule has 6 heteroatoms. The lowest BCUT2D eigenvalue weighted by atomic mass is 10.2. The molecule has 0 bridgehead atoms. The molecule has 106 valence electrons. The fourth-order valence-electron chi connectivity index (χ4n) is 1.60. The van der Waals surface area contributed by atoms with Gasteiger partial charge in [-0.1, -0.05) is 15.9 Å². The first-order chi connectivity index (χ1) is 9.02. The predicted molar refractivity (Wildman–Crippen MR) is 75.3 cm³/mol. The Morgan fingerprint density at radius 1 is 1.53 bits per heavy atom. The van der Waals surface area contributed by atoms with E-state index < -0.39 is 0 Å². The lowest BCUT2D eigenvalue weighted by Gasteiger charge is -2.14. The van der Waals surface area contributed by atoms with Crippen LogP contribution in [0.4, 0.5) is 9.18 Å². The minimum Gasteiger partial charge on any atom is -0.396 e. The number of carbonyl (C=O) groups is 1. The average molecular weight is 333 g/mol. The van der Waals surface area contributed by atoms with Crippen LogP contribution >= 0.6 is 15.9 Å². The SMILES string of the molecule is CC(CCCO)NC(=O)NCc1cc(F)ccc1Br. The maximum absolute atomic E-state index is 13.0. The smallest absolute Gasteiger partial charge is 0.315 e. The Hall–Kier alpha value is -1.14. The number of urea groups is 1. The zero-order valence-corrected chi connectivity index (χ0v) is 12.3. The van der Waals surface area contributed by atoms with Crippen molar-refractivity contribution in [2.45, 2.75) is 32.4 Å². The van der Waals surface area contributed by atoms with Crippen molar-refractivity contribution < 1.29 is 14.3 Å². The molecule has 0 aromatic heterocycles. The number of aliphatic hydroxyl groups excluding tert-OH is 1. The highest BCUT2D eigenvalue weighted by atomic mass is 79.9. The number of carbonyl (C=O) groups excluding carboxylic acids is 1. The van der Waals surface area contributed by atoms with Gasteiger partial charge in [0, 0.05) is 23.7 Å². The Bertz CT molecular complexity index is 429. The highest BCUT2D eigenvalue weighted by Crippen LogP contribution is 2.17. The number of aliphatic hydroxyl groups is 1. The van der Waals surface area contributed by atoms with Gasteiger partial charge >= 0.3 is 6.03 Å². The van der Waals surface area contributed by atoms with Crippen LogP contribution in [0.1, 0.15) is 25.3 Å². The van der Waals surface area contributed by atoms with Crippen molar-refractivity contribution in [3.05, 3.63) is 34.1 Å². The van der Waals surface area contributed by atoms with Gasteiger partial charge in [-0.05, 0) is 43.5 Å². The van der Waals surface area contributed by atoms with Gasteiger partial charge in [-0.15, -0.1) is 0 Å². The summed E-state index contributed by atoms with van der Waals surface area (Å²) in [6, 6.07) is 4.02. The fourth-order valence-corrected chi connectivity index (χ4v) is 1.99. The Morgan fingerprint density at radius 3 is 2.95 bits per heavy atom. The standard InChI is InChI=1S/C13H18BrFN2O2/c1-9(3-2-6-18)17-13(19)16-8-10-7-11(15)4-5-12(10)14/h4-5,7,9,18H,2-3,6,8H2,1H3,(H2,16,17,19). The molecule has 1 unspecified atom stereocenters. The van der Waals surface area contributed by atoms with E-state index in [0.29, 0.717) is 18.4 Å². The molecule has 0 aliphatic carbocycles. The zero-order chi connectivity index (χ0) is 14.3. The van der Waals surface area contributed by atoms with Crippen molar-refractivity contribution in [3.8, 4) is 0 Å². The summed E-state index contributed by atoms with van der Waals surface area (Å²) in [5.41, 5.74) is 0.679. The normalized spacial score (nSPS) is 12.0. The predicted octanol–water partition coefficient (Wildman–Crippen LogP) is 2.55. The molecule has 0 heterocycles. The maximum Gasteiger partial charge on any atom is 0.315 e. The fraction of sp³-hybridized carbons (Fsp3) is 0.462. The first-order valence-corrected chi connectivity index (χ1v) is 6.91. The van der Waals surface area contributed by atoms with Gasteiger partial charge in [0.2, 0.25) is 0 Å². The highest BCUT2D eigenvalue weighted by Gasteiger charge is 2.08. The van der Waals surface area contributed by atoms with Crippen molar-refractivity contribution in [1.82, 2.24) is 10.6 Å². The van der Waals surface area contributed by atoms with Crippen LogP contribution in [0.25, 0.3) is 0 Å². The van der Waals surface area contributed by atoms with Crippen LogP contribution in [0.5, 0.6) is 0 Å². The Kier molecular flexibility index (Phi) is 6.80. The van der Waals surface area contributed by atoms with Crippen molar-refractivity contribution in [3.63, 3.8) is 0 Å². The Labute approximate surface area is 120 Å². The molecule has 1 rings (SSSR count). The second-order valence-corrected chi connectivity index (χ2v) is 5.18. The molecule has 4 nitrogen and oxygen atoms in total. The topological polar surface area (TPSA) is 61.4 Å². The van der Waals surface area contributed by atoms with Crippen LogP contribution in [0.2, 0.25) is 0 Å². The molecular weight excluding hydrogens is 315 g/mol. The summed E-state index contributed by atoms with van der Waals surface area (Å²) in [6.07, 6.45) is 1.37. The molecule has 0 aliphatic heterocycles. The number of nitrogens with one attached hydrogen (secondary N) is 2. The summed E-state index contributed by atoms with van der Waals surface area (Å²) < 4.78 is 13.8. The monoisotopic (exact) mass is 332 g/mol. The van der Waals surface area contributed by atoms with Gasteiger partial charge in [0.25, 0.3) is 0 Å². The van der Waals surface area contributed by atoms with Gasteiger partial charge in [-0.25, -0.2) is 9.18 Å². The first-order valence-electron chi connectivity index (χ1n) is 6.12. The zero-order valence-electron chi connectivity index (χ0n) is 10.7. The van der Waals surface area contributed by atoms with E-state index in [9.17, 15) is 9.18 Å². The minimum atomic E-state index is -0.336. The van der Waals surface area contributed by atoms with Crippen molar-refractivity contribution in [2.75, 3.05) is 6.61 Å². The molecule has 0 radical (unpaired) electrons. The van der Waals surface area contributed by atoms with Crippen LogP contribution in [0.3, 0.4) is 0 Å². The van der Waals surface area contributed by atoms with E-state index >= 15 is 0 Å². The quantitative estimate of drug-likeness (QED) is 0.749. The summed E-state index contributed by atoms with van der Waals surface area (Å²) >= 11 is 3.30. The molecule has 2 amide bonds. The van der Waals surface area contributed by atoms with E-state index in [1.807, 2.05) is 6.92 Å². The average Bonchev–Trinajstić information content (AvgIpc) is 2.37. The Morgan fingerprint density at radius 2 is 2.26 bits per heavy atom. The van der Waals surface area contributed by atoms with Crippen LogP contribution < -0.4 is 10.6 Å². The summed E-state index contributed by atoms with van der Waals surface area (Å²) in [4.78, 5) is 11.6. The second-order valence-electron chi connectivity index (χ2n) is 4.33. The van der Waals surface area contributed by atoms with Gasteiger partial charge < -0.3 is 15.7 Å². The van der Waals surface area contributed by atoms with E-state index in [-0.39, 0.29) is 31.0 Å². The minimum absolute atomic E-state index is 0.0110. The number of hydrogen-bond acceptors (Lipinski definition) is 2. The summed E-state index contributed by atoms with van der Waals surface area (Å²) in [6.45, 7) is 2.23. The van der Waals surface area contributed by atoms with Crippen molar-refractivity contribution in [2.24, 2.45) is 0 Å². The van der Waals surface area contributed by atoms with E-state index in [1.54, 1.807) is 6.07 Å². The number of amides is 2. The van der Waals surface area contributed by atoms with Crippen LogP contribution in [-0.2, 0) is 6.54 Å². The summed E-state index contributed by atoms with van der Waals surface area (Å²) in [7, 11) is 0. The largest absolute Gasteiger partial charge is 0.396 e. The molecule has 3 N–H and O–H groups in total. The molecule has 0 saturated heterocycles. The molecule has 0 aliphatic rings. The number of halogens is 2. The molecule has 19 heavy (non-hydrogen) atoms. The van der Waals surface area contributed by atoms with Gasteiger partial charge in [0.15, 0.2) is 0 Å². The molecular formula is C13H18BrFN2O2.